The first-order valence-corrected chi connectivity index (χ1v) is 12.0. The molecule has 0 spiro atoms. The molecule has 1 aliphatic carbocycles. The van der Waals surface area contributed by atoms with E-state index in [1.54, 1.807) is 28.6 Å². The summed E-state index contributed by atoms with van der Waals surface area (Å²) < 4.78 is 27.5. The summed E-state index contributed by atoms with van der Waals surface area (Å²) in [5, 5.41) is 15.4. The third-order valence-corrected chi connectivity index (χ3v) is 7.68. The Morgan fingerprint density at radius 2 is 1.72 bits per heavy atom. The van der Waals surface area contributed by atoms with Gasteiger partial charge in [-0.25, -0.2) is 8.42 Å². The maximum absolute atomic E-state index is 13.0. The van der Waals surface area contributed by atoms with Crippen molar-refractivity contribution in [2.75, 3.05) is 25.0 Å². The molecular weight excluding hydrogens is 388 g/mol. The summed E-state index contributed by atoms with van der Waals surface area (Å²) >= 11 is 0. The molecule has 0 radical (unpaired) electrons. The lowest BCUT2D eigenvalue weighted by Crippen LogP contribution is -2.50. The number of nitrogens with zero attached hydrogens (tertiary/aromatic N) is 2. The zero-order valence-corrected chi connectivity index (χ0v) is 17.6. The van der Waals surface area contributed by atoms with E-state index in [-0.39, 0.29) is 17.3 Å². The van der Waals surface area contributed by atoms with Crippen molar-refractivity contribution in [1.82, 2.24) is 9.62 Å². The Labute approximate surface area is 173 Å². The van der Waals surface area contributed by atoms with E-state index < -0.39 is 15.6 Å². The maximum atomic E-state index is 13.0. The van der Waals surface area contributed by atoms with Crippen LogP contribution in [0.1, 0.15) is 57.8 Å². The fourth-order valence-electron chi connectivity index (χ4n) is 4.11. The van der Waals surface area contributed by atoms with Crippen molar-refractivity contribution in [3.05, 3.63) is 24.3 Å². The second-order valence-electron chi connectivity index (χ2n) is 8.00. The second-order valence-corrected chi connectivity index (χ2v) is 9.94. The molecule has 1 aromatic rings. The maximum Gasteiger partial charge on any atom is 0.243 e. The van der Waals surface area contributed by atoms with Crippen molar-refractivity contribution in [3.63, 3.8) is 0 Å². The van der Waals surface area contributed by atoms with E-state index in [4.69, 9.17) is 0 Å². The van der Waals surface area contributed by atoms with E-state index in [1.807, 2.05) is 0 Å². The minimum absolute atomic E-state index is 0.00333. The lowest BCUT2D eigenvalue weighted by atomic mass is 9.83. The van der Waals surface area contributed by atoms with Crippen LogP contribution < -0.4 is 10.6 Å². The molecule has 2 aliphatic rings. The van der Waals surface area contributed by atoms with E-state index in [1.165, 1.54) is 0 Å². The first-order chi connectivity index (χ1) is 14.0. The highest BCUT2D eigenvalue weighted by molar-refractivity contribution is 7.89. The van der Waals surface area contributed by atoms with Gasteiger partial charge in [-0.3, -0.25) is 4.79 Å². The highest BCUT2D eigenvalue weighted by atomic mass is 32.2. The number of carbonyl (C=O) groups excluding carboxylic acids is 1. The van der Waals surface area contributed by atoms with Crippen LogP contribution in [0.15, 0.2) is 29.2 Å². The summed E-state index contributed by atoms with van der Waals surface area (Å²) in [6.07, 6.45) is 8.23. The van der Waals surface area contributed by atoms with E-state index >= 15 is 0 Å². The van der Waals surface area contributed by atoms with Crippen LogP contribution in [0.2, 0.25) is 0 Å². The van der Waals surface area contributed by atoms with Crippen LogP contribution in [0.5, 0.6) is 0 Å². The van der Waals surface area contributed by atoms with E-state index in [0.717, 1.165) is 44.9 Å². The summed E-state index contributed by atoms with van der Waals surface area (Å²) in [6.45, 7) is 1.11. The normalized spacial score (nSPS) is 20.2. The van der Waals surface area contributed by atoms with Gasteiger partial charge in [-0.1, -0.05) is 38.2 Å². The van der Waals surface area contributed by atoms with Gasteiger partial charge in [0.05, 0.1) is 17.5 Å². The third-order valence-electron chi connectivity index (χ3n) is 5.79. The zero-order valence-electron chi connectivity index (χ0n) is 16.8. The van der Waals surface area contributed by atoms with E-state index in [0.29, 0.717) is 31.6 Å². The molecule has 2 fully saturated rings. The molecule has 29 heavy (non-hydrogen) atoms. The Hall–Kier alpha value is -2.11. The van der Waals surface area contributed by atoms with Crippen molar-refractivity contribution in [2.45, 2.75) is 68.2 Å². The molecular formula is C21H30N4O3S. The van der Waals surface area contributed by atoms with Gasteiger partial charge in [0.2, 0.25) is 15.9 Å². The van der Waals surface area contributed by atoms with Gasteiger partial charge in [0.1, 0.15) is 5.54 Å². The van der Waals surface area contributed by atoms with Crippen LogP contribution in [0, 0.1) is 11.3 Å². The molecule has 158 valence electrons. The number of rotatable bonds is 6. The first-order valence-electron chi connectivity index (χ1n) is 10.5. The number of sulfonamides is 1. The van der Waals surface area contributed by atoms with Gasteiger partial charge < -0.3 is 10.6 Å². The highest BCUT2D eigenvalue weighted by Crippen LogP contribution is 2.27. The standard InChI is InChI=1S/C21H30N4O3S/c22-17-21(11-4-3-5-12-21)24-20(26)16-23-18-9-8-10-19(15-18)29(27,28)25-13-6-1-2-7-14-25/h8-10,15,23H,1-7,11-14,16H2,(H,24,26). The molecule has 8 heteroatoms. The van der Waals surface area contributed by atoms with Gasteiger partial charge in [0.15, 0.2) is 0 Å². The van der Waals surface area contributed by atoms with Crippen molar-refractivity contribution >= 4 is 21.6 Å². The lowest BCUT2D eigenvalue weighted by Gasteiger charge is -2.31. The summed E-state index contributed by atoms with van der Waals surface area (Å²) in [5.74, 6) is -0.255. The van der Waals surface area contributed by atoms with Crippen molar-refractivity contribution < 1.29 is 13.2 Å². The van der Waals surface area contributed by atoms with Crippen molar-refractivity contribution in [1.29, 1.82) is 5.26 Å². The number of benzene rings is 1. The molecule has 0 aromatic heterocycles. The molecule has 1 aromatic carbocycles. The minimum atomic E-state index is -3.53. The number of carbonyl (C=O) groups is 1. The molecule has 1 saturated heterocycles. The Balaban J connectivity index is 1.62. The fourth-order valence-corrected chi connectivity index (χ4v) is 5.67. The zero-order chi connectivity index (χ0) is 20.7. The van der Waals surface area contributed by atoms with Crippen molar-refractivity contribution in [2.24, 2.45) is 0 Å². The molecule has 0 bridgehead atoms. The monoisotopic (exact) mass is 418 g/mol. The molecule has 1 amide bonds. The highest BCUT2D eigenvalue weighted by Gasteiger charge is 2.33. The van der Waals surface area contributed by atoms with Gasteiger partial charge >= 0.3 is 0 Å². The number of anilines is 1. The minimum Gasteiger partial charge on any atom is -0.376 e. The molecule has 1 heterocycles. The van der Waals surface area contributed by atoms with Crippen LogP contribution in [-0.4, -0.2) is 43.8 Å². The number of hydrogen-bond donors (Lipinski definition) is 2. The molecule has 1 aliphatic heterocycles. The van der Waals surface area contributed by atoms with Crippen LogP contribution in [0.25, 0.3) is 0 Å². The van der Waals surface area contributed by atoms with Crippen LogP contribution in [-0.2, 0) is 14.8 Å². The molecule has 0 atom stereocenters. The first kappa shape index (κ1) is 21.6. The number of nitrogens with one attached hydrogen (secondary N) is 2. The summed E-state index contributed by atoms with van der Waals surface area (Å²) in [4.78, 5) is 12.6. The van der Waals surface area contributed by atoms with Crippen LogP contribution >= 0.6 is 0 Å². The molecule has 0 unspecified atom stereocenters. The van der Waals surface area contributed by atoms with Crippen LogP contribution in [0.4, 0.5) is 5.69 Å². The molecule has 1 saturated carbocycles. The average Bonchev–Trinajstić information content (AvgIpc) is 3.03. The summed E-state index contributed by atoms with van der Waals surface area (Å²) in [7, 11) is -3.53. The number of hydrogen-bond acceptors (Lipinski definition) is 5. The predicted molar refractivity (Wildman–Crippen MR) is 112 cm³/mol. The molecule has 3 rings (SSSR count). The molecule has 7 nitrogen and oxygen atoms in total. The Morgan fingerprint density at radius 1 is 1.07 bits per heavy atom. The Bertz CT molecular complexity index is 849. The summed E-state index contributed by atoms with van der Waals surface area (Å²) in [5.41, 5.74) is -0.194. The fraction of sp³-hybridized carbons (Fsp3) is 0.619. The second kappa shape index (κ2) is 9.59. The van der Waals surface area contributed by atoms with Gasteiger partial charge in [0.25, 0.3) is 0 Å². The van der Waals surface area contributed by atoms with Gasteiger partial charge in [0, 0.05) is 18.8 Å². The van der Waals surface area contributed by atoms with Crippen LogP contribution in [0.3, 0.4) is 0 Å². The average molecular weight is 419 g/mol. The quantitative estimate of drug-likeness (QED) is 0.739. The van der Waals surface area contributed by atoms with E-state index in [2.05, 4.69) is 16.7 Å². The van der Waals surface area contributed by atoms with Crippen molar-refractivity contribution in [3.8, 4) is 6.07 Å². The SMILES string of the molecule is N#CC1(NC(=O)CNc2cccc(S(=O)(=O)N3CCCCCC3)c2)CCCCC1. The van der Waals surface area contributed by atoms with Gasteiger partial charge in [-0.2, -0.15) is 9.57 Å². The summed E-state index contributed by atoms with van der Waals surface area (Å²) in [6, 6.07) is 8.87. The number of nitriles is 1. The topological polar surface area (TPSA) is 102 Å². The Morgan fingerprint density at radius 3 is 2.38 bits per heavy atom. The lowest BCUT2D eigenvalue weighted by molar-refractivity contribution is -0.121. The van der Waals surface area contributed by atoms with E-state index in [9.17, 15) is 18.5 Å². The number of amides is 1. The Kier molecular flexibility index (Phi) is 7.14. The predicted octanol–water partition coefficient (Wildman–Crippen LogP) is 3.01. The molecule has 2 N–H and O–H groups in total. The van der Waals surface area contributed by atoms with Gasteiger partial charge in [-0.15, -0.1) is 0 Å². The third kappa shape index (κ3) is 5.49. The van der Waals surface area contributed by atoms with Gasteiger partial charge in [-0.05, 0) is 43.9 Å². The largest absolute Gasteiger partial charge is 0.376 e. The smallest absolute Gasteiger partial charge is 0.243 e.